The van der Waals surface area contributed by atoms with Crippen molar-refractivity contribution in [3.63, 3.8) is 0 Å². The Labute approximate surface area is 184 Å². The van der Waals surface area contributed by atoms with E-state index in [1.807, 2.05) is 0 Å². The molecule has 0 amide bonds. The van der Waals surface area contributed by atoms with Gasteiger partial charge in [-0.2, -0.15) is 0 Å². The zero-order valence-electron chi connectivity index (χ0n) is 18.5. The van der Waals surface area contributed by atoms with Crippen molar-refractivity contribution in [3.8, 4) is 5.75 Å². The number of benzene rings is 2. The predicted molar refractivity (Wildman–Crippen MR) is 125 cm³/mol. The molecule has 31 heavy (non-hydrogen) atoms. The number of aromatic nitrogens is 1. The Hall–Kier alpha value is -2.79. The topological polar surface area (TPSA) is 31.6 Å². The van der Waals surface area contributed by atoms with Crippen LogP contribution < -0.4 is 19.5 Å². The standard InChI is InChI=1S/C26H30N4O/c1-28-13-15-29(16-14-28)21-5-8-23-19(17-21)18-24(30-12-11-27-25(23)30)26(9-10-26)20-3-6-22(31-2)7-4-20/h3-8,17-18H,9-16H2,1-2H3/p+1. The van der Waals surface area contributed by atoms with Gasteiger partial charge in [0.25, 0.3) is 5.82 Å². The first-order valence-corrected chi connectivity index (χ1v) is 11.5. The van der Waals surface area contributed by atoms with Gasteiger partial charge >= 0.3 is 0 Å². The molecule has 0 spiro atoms. The van der Waals surface area contributed by atoms with Crippen LogP contribution in [0, 0.1) is 0 Å². The lowest BCUT2D eigenvalue weighted by Crippen LogP contribution is -2.44. The molecule has 2 aliphatic heterocycles. The third-order valence-electron chi connectivity index (χ3n) is 7.52. The van der Waals surface area contributed by atoms with E-state index in [0.717, 1.165) is 45.0 Å². The van der Waals surface area contributed by atoms with Gasteiger partial charge in [-0.05, 0) is 67.2 Å². The summed E-state index contributed by atoms with van der Waals surface area (Å²) in [5.74, 6) is 2.21. The molecule has 5 nitrogen and oxygen atoms in total. The molecule has 3 aromatic rings. The molecule has 5 heteroatoms. The van der Waals surface area contributed by atoms with E-state index in [1.165, 1.54) is 46.4 Å². The van der Waals surface area contributed by atoms with Gasteiger partial charge in [-0.3, -0.25) is 5.32 Å². The maximum absolute atomic E-state index is 5.39. The predicted octanol–water partition coefficient (Wildman–Crippen LogP) is 3.39. The smallest absolute Gasteiger partial charge is 0.282 e. The van der Waals surface area contributed by atoms with Crippen molar-refractivity contribution in [1.82, 2.24) is 4.90 Å². The van der Waals surface area contributed by atoms with Gasteiger partial charge in [0.1, 0.15) is 24.5 Å². The Morgan fingerprint density at radius 3 is 2.45 bits per heavy atom. The van der Waals surface area contributed by atoms with E-state index in [-0.39, 0.29) is 5.41 Å². The Morgan fingerprint density at radius 1 is 0.968 bits per heavy atom. The number of fused-ring (bicyclic) bond motifs is 3. The van der Waals surface area contributed by atoms with Crippen molar-refractivity contribution in [2.24, 2.45) is 0 Å². The maximum Gasteiger partial charge on any atom is 0.282 e. The van der Waals surface area contributed by atoms with Gasteiger partial charge in [0.2, 0.25) is 0 Å². The molecular weight excluding hydrogens is 384 g/mol. The summed E-state index contributed by atoms with van der Waals surface area (Å²) < 4.78 is 7.93. The summed E-state index contributed by atoms with van der Waals surface area (Å²) in [5.41, 5.74) is 4.35. The van der Waals surface area contributed by atoms with Crippen LogP contribution in [0.4, 0.5) is 11.5 Å². The molecule has 1 N–H and O–H groups in total. The molecule has 3 heterocycles. The fourth-order valence-electron chi connectivity index (χ4n) is 5.47. The second-order valence-electron chi connectivity index (χ2n) is 9.33. The molecule has 160 valence electrons. The summed E-state index contributed by atoms with van der Waals surface area (Å²) in [6.07, 6.45) is 2.42. The van der Waals surface area contributed by atoms with Crippen LogP contribution in [0.2, 0.25) is 0 Å². The zero-order chi connectivity index (χ0) is 21.0. The normalized spacial score (nSPS) is 19.9. The lowest BCUT2D eigenvalue weighted by atomic mass is 9.90. The Balaban J connectivity index is 1.45. The number of nitrogens with one attached hydrogen (secondary N) is 1. The number of hydrogen-bond donors (Lipinski definition) is 1. The van der Waals surface area contributed by atoms with Crippen molar-refractivity contribution < 1.29 is 9.30 Å². The molecule has 0 unspecified atom stereocenters. The van der Waals surface area contributed by atoms with Crippen LogP contribution >= 0.6 is 0 Å². The second kappa shape index (κ2) is 7.13. The molecule has 1 saturated carbocycles. The van der Waals surface area contributed by atoms with Gasteiger partial charge in [0.15, 0.2) is 0 Å². The van der Waals surface area contributed by atoms with E-state index in [2.05, 4.69) is 75.3 Å². The monoisotopic (exact) mass is 415 g/mol. The van der Waals surface area contributed by atoms with Crippen LogP contribution in [0.1, 0.15) is 24.1 Å². The summed E-state index contributed by atoms with van der Waals surface area (Å²) in [6, 6.07) is 18.2. The summed E-state index contributed by atoms with van der Waals surface area (Å²) >= 11 is 0. The lowest BCUT2D eigenvalue weighted by molar-refractivity contribution is -0.678. The first-order valence-electron chi connectivity index (χ1n) is 11.5. The minimum absolute atomic E-state index is 0.130. The largest absolute Gasteiger partial charge is 0.497 e. The average Bonchev–Trinajstić information content (AvgIpc) is 3.47. The molecule has 3 aliphatic rings. The highest BCUT2D eigenvalue weighted by Gasteiger charge is 2.51. The molecule has 6 rings (SSSR count). The molecule has 1 aliphatic carbocycles. The average molecular weight is 416 g/mol. The fraction of sp³-hybridized carbons (Fsp3) is 0.423. The maximum atomic E-state index is 5.39. The highest BCUT2D eigenvalue weighted by Crippen LogP contribution is 2.53. The van der Waals surface area contributed by atoms with E-state index in [4.69, 9.17) is 4.74 Å². The number of piperazine rings is 1. The number of hydrogen-bond acceptors (Lipinski definition) is 4. The van der Waals surface area contributed by atoms with Crippen LogP contribution in [0.25, 0.3) is 10.8 Å². The molecular formula is C26H31N4O+. The van der Waals surface area contributed by atoms with Gasteiger partial charge in [0.05, 0.1) is 17.9 Å². The minimum Gasteiger partial charge on any atom is -0.497 e. The van der Waals surface area contributed by atoms with Gasteiger partial charge in [-0.15, -0.1) is 0 Å². The van der Waals surface area contributed by atoms with E-state index < -0.39 is 0 Å². The Bertz CT molecular complexity index is 1130. The number of pyridine rings is 1. The van der Waals surface area contributed by atoms with E-state index in [0.29, 0.717) is 0 Å². The SMILES string of the molecule is COc1ccc(C2(c3cc4cc(N5CCN(C)CC5)ccc4c4[n+]3CCN4)CC2)cc1. The second-order valence-corrected chi connectivity index (χ2v) is 9.33. The number of anilines is 2. The number of nitrogens with zero attached hydrogens (tertiary/aromatic N) is 3. The Morgan fingerprint density at radius 2 is 1.74 bits per heavy atom. The molecule has 0 atom stereocenters. The molecule has 0 bridgehead atoms. The number of methoxy groups -OCH3 is 1. The lowest BCUT2D eigenvalue weighted by Gasteiger charge is -2.34. The minimum atomic E-state index is 0.130. The van der Waals surface area contributed by atoms with Crippen molar-refractivity contribution in [3.05, 3.63) is 59.8 Å². The van der Waals surface area contributed by atoms with Crippen LogP contribution in [-0.4, -0.2) is 51.8 Å². The van der Waals surface area contributed by atoms with Gasteiger partial charge < -0.3 is 14.5 Å². The van der Waals surface area contributed by atoms with Crippen LogP contribution in [0.3, 0.4) is 0 Å². The first kappa shape index (κ1) is 18.9. The first-order chi connectivity index (χ1) is 15.2. The van der Waals surface area contributed by atoms with Crippen molar-refractivity contribution >= 4 is 22.3 Å². The quantitative estimate of drug-likeness (QED) is 0.662. The van der Waals surface area contributed by atoms with Crippen molar-refractivity contribution in [1.29, 1.82) is 0 Å². The van der Waals surface area contributed by atoms with E-state index in [1.54, 1.807) is 7.11 Å². The zero-order valence-corrected chi connectivity index (χ0v) is 18.5. The molecule has 0 radical (unpaired) electrons. The number of likely N-dealkylation sites (N-methyl/N-ethyl adjacent to an activating group) is 1. The molecule has 1 saturated heterocycles. The van der Waals surface area contributed by atoms with Gasteiger partial charge in [-0.1, -0.05) is 12.1 Å². The van der Waals surface area contributed by atoms with Crippen molar-refractivity contribution in [2.45, 2.75) is 24.8 Å². The Kier molecular flexibility index (Phi) is 4.35. The summed E-state index contributed by atoms with van der Waals surface area (Å²) in [7, 11) is 3.95. The van der Waals surface area contributed by atoms with Gasteiger partial charge in [0, 0.05) is 31.9 Å². The van der Waals surface area contributed by atoms with Crippen LogP contribution in [0.5, 0.6) is 5.75 Å². The summed E-state index contributed by atoms with van der Waals surface area (Å²) in [5, 5.41) is 6.37. The third kappa shape index (κ3) is 3.06. The number of rotatable bonds is 4. The molecule has 1 aromatic heterocycles. The third-order valence-corrected chi connectivity index (χ3v) is 7.52. The van der Waals surface area contributed by atoms with Crippen LogP contribution in [-0.2, 0) is 12.0 Å². The van der Waals surface area contributed by atoms with E-state index in [9.17, 15) is 0 Å². The summed E-state index contributed by atoms with van der Waals surface area (Å²) in [6.45, 7) is 6.51. The van der Waals surface area contributed by atoms with Crippen molar-refractivity contribution in [2.75, 3.05) is 57.1 Å². The van der Waals surface area contributed by atoms with Gasteiger partial charge in [-0.25, -0.2) is 4.57 Å². The highest BCUT2D eigenvalue weighted by molar-refractivity contribution is 5.93. The molecule has 2 aromatic carbocycles. The molecule has 2 fully saturated rings. The summed E-state index contributed by atoms with van der Waals surface area (Å²) in [4.78, 5) is 4.94. The fourth-order valence-corrected chi connectivity index (χ4v) is 5.47. The number of ether oxygens (including phenoxy) is 1. The highest BCUT2D eigenvalue weighted by atomic mass is 16.5. The van der Waals surface area contributed by atoms with E-state index >= 15 is 0 Å². The van der Waals surface area contributed by atoms with Crippen LogP contribution in [0.15, 0.2) is 48.5 Å².